The number of fused-ring (bicyclic) bond motifs is 1. The van der Waals surface area contributed by atoms with Gasteiger partial charge in [-0.25, -0.2) is 9.97 Å². The van der Waals surface area contributed by atoms with Crippen molar-refractivity contribution in [1.29, 1.82) is 0 Å². The molecule has 0 aliphatic heterocycles. The lowest BCUT2D eigenvalue weighted by atomic mass is 10.2. The largest absolute Gasteiger partial charge is 0.487 e. The van der Waals surface area contributed by atoms with Gasteiger partial charge in [-0.3, -0.25) is 0 Å². The molecule has 2 aromatic carbocycles. The molecule has 0 aliphatic carbocycles. The van der Waals surface area contributed by atoms with Gasteiger partial charge in [0.05, 0.1) is 18.7 Å². The molecular formula is C21H25N3O4. The van der Waals surface area contributed by atoms with E-state index in [9.17, 15) is 0 Å². The number of methoxy groups -OCH3 is 2. The highest BCUT2D eigenvalue weighted by atomic mass is 16.5. The molecule has 0 radical (unpaired) electrons. The summed E-state index contributed by atoms with van der Waals surface area (Å²) < 4.78 is 21.9. The number of anilines is 2. The van der Waals surface area contributed by atoms with E-state index < -0.39 is 0 Å². The van der Waals surface area contributed by atoms with Crippen LogP contribution in [0.15, 0.2) is 48.8 Å². The molecule has 1 aromatic heterocycles. The van der Waals surface area contributed by atoms with E-state index >= 15 is 0 Å². The number of aromatic nitrogens is 2. The second-order valence-corrected chi connectivity index (χ2v) is 6.09. The second kappa shape index (κ2) is 9.87. The van der Waals surface area contributed by atoms with Crippen LogP contribution in [0.2, 0.25) is 0 Å². The molecular weight excluding hydrogens is 358 g/mol. The number of para-hydroxylation sites is 1. The third-order valence-electron chi connectivity index (χ3n) is 4.23. The summed E-state index contributed by atoms with van der Waals surface area (Å²) in [5.41, 5.74) is 1.81. The van der Waals surface area contributed by atoms with Crippen LogP contribution in [0.4, 0.5) is 11.5 Å². The monoisotopic (exact) mass is 383 g/mol. The van der Waals surface area contributed by atoms with Crippen molar-refractivity contribution in [2.24, 2.45) is 0 Å². The lowest BCUT2D eigenvalue weighted by molar-refractivity contribution is 0.132. The first-order valence-corrected chi connectivity index (χ1v) is 9.05. The summed E-state index contributed by atoms with van der Waals surface area (Å²) in [6.07, 6.45) is 1.56. The first kappa shape index (κ1) is 19.9. The van der Waals surface area contributed by atoms with Gasteiger partial charge in [0, 0.05) is 38.4 Å². The number of nitrogens with zero attached hydrogens (tertiary/aromatic N) is 3. The Labute approximate surface area is 164 Å². The van der Waals surface area contributed by atoms with Gasteiger partial charge in [-0.1, -0.05) is 18.2 Å². The van der Waals surface area contributed by atoms with Crippen LogP contribution in [0.25, 0.3) is 10.9 Å². The van der Waals surface area contributed by atoms with E-state index in [-0.39, 0.29) is 0 Å². The third-order valence-corrected chi connectivity index (χ3v) is 4.23. The minimum Gasteiger partial charge on any atom is -0.487 e. The molecule has 0 bridgehead atoms. The smallest absolute Gasteiger partial charge is 0.163 e. The number of rotatable bonds is 10. The third kappa shape index (κ3) is 4.68. The fourth-order valence-electron chi connectivity index (χ4n) is 2.79. The first-order valence-electron chi connectivity index (χ1n) is 9.05. The van der Waals surface area contributed by atoms with Crippen LogP contribution < -0.4 is 14.4 Å². The molecule has 148 valence electrons. The van der Waals surface area contributed by atoms with Crippen molar-refractivity contribution in [2.75, 3.05) is 52.6 Å². The summed E-state index contributed by atoms with van der Waals surface area (Å²) in [5, 5.41) is 0.875. The van der Waals surface area contributed by atoms with Crippen molar-refractivity contribution >= 4 is 22.4 Å². The summed E-state index contributed by atoms with van der Waals surface area (Å²) in [5.74, 6) is 2.03. The number of hydrogen-bond acceptors (Lipinski definition) is 7. The van der Waals surface area contributed by atoms with Crippen molar-refractivity contribution < 1.29 is 18.9 Å². The van der Waals surface area contributed by atoms with Crippen LogP contribution in [0.3, 0.4) is 0 Å². The Hall–Kier alpha value is -2.90. The topological polar surface area (TPSA) is 65.9 Å². The molecule has 0 atom stereocenters. The van der Waals surface area contributed by atoms with Gasteiger partial charge in [-0.05, 0) is 18.2 Å². The van der Waals surface area contributed by atoms with Crippen molar-refractivity contribution in [3.63, 3.8) is 0 Å². The maximum Gasteiger partial charge on any atom is 0.163 e. The molecule has 7 heteroatoms. The minimum atomic E-state index is 0.417. The fourth-order valence-corrected chi connectivity index (χ4v) is 2.79. The predicted molar refractivity (Wildman–Crippen MR) is 109 cm³/mol. The highest BCUT2D eigenvalue weighted by molar-refractivity contribution is 5.93. The molecule has 0 amide bonds. The minimum absolute atomic E-state index is 0.417. The Morgan fingerprint density at radius 3 is 2.11 bits per heavy atom. The second-order valence-electron chi connectivity index (χ2n) is 6.09. The molecule has 3 rings (SSSR count). The van der Waals surface area contributed by atoms with Crippen LogP contribution >= 0.6 is 0 Å². The summed E-state index contributed by atoms with van der Waals surface area (Å²) in [7, 11) is 5.25. The van der Waals surface area contributed by atoms with Gasteiger partial charge in [-0.2, -0.15) is 0 Å². The normalized spacial score (nSPS) is 10.8. The van der Waals surface area contributed by atoms with Crippen LogP contribution in [-0.2, 0) is 9.47 Å². The summed E-state index contributed by atoms with van der Waals surface area (Å²) in [4.78, 5) is 10.9. The molecule has 0 unspecified atom stereocenters. The lowest BCUT2D eigenvalue weighted by Gasteiger charge is -2.21. The van der Waals surface area contributed by atoms with E-state index in [4.69, 9.17) is 18.9 Å². The molecule has 0 aliphatic rings. The van der Waals surface area contributed by atoms with Gasteiger partial charge < -0.3 is 23.8 Å². The maximum absolute atomic E-state index is 5.89. The van der Waals surface area contributed by atoms with Crippen molar-refractivity contribution in [3.05, 3.63) is 48.8 Å². The maximum atomic E-state index is 5.89. The van der Waals surface area contributed by atoms with Gasteiger partial charge in [0.15, 0.2) is 11.5 Å². The van der Waals surface area contributed by atoms with Crippen molar-refractivity contribution in [2.45, 2.75) is 0 Å². The molecule has 3 aromatic rings. The fraction of sp³-hybridized carbons (Fsp3) is 0.333. The van der Waals surface area contributed by atoms with E-state index in [1.54, 1.807) is 20.5 Å². The Morgan fingerprint density at radius 1 is 0.821 bits per heavy atom. The average Bonchev–Trinajstić information content (AvgIpc) is 2.74. The molecule has 0 N–H and O–H groups in total. The number of benzene rings is 2. The zero-order valence-electron chi connectivity index (χ0n) is 16.4. The standard InChI is InChI=1S/C21H25N3O4/c1-24(16-7-5-4-6-8-16)21-17-13-19(27-11-9-25-2)20(28-12-10-26-3)14-18(17)22-15-23-21/h4-8,13-15H,9-12H2,1-3H3. The molecule has 0 spiro atoms. The van der Waals surface area contributed by atoms with E-state index in [1.165, 1.54) is 0 Å². The van der Waals surface area contributed by atoms with Gasteiger partial charge >= 0.3 is 0 Å². The van der Waals surface area contributed by atoms with E-state index in [1.807, 2.05) is 54.4 Å². The molecule has 0 saturated heterocycles. The Morgan fingerprint density at radius 2 is 1.46 bits per heavy atom. The van der Waals surface area contributed by atoms with Crippen LogP contribution in [0, 0.1) is 0 Å². The predicted octanol–water partition coefficient (Wildman–Crippen LogP) is 3.45. The van der Waals surface area contributed by atoms with Crippen LogP contribution in [-0.4, -0.2) is 57.7 Å². The zero-order valence-corrected chi connectivity index (χ0v) is 16.4. The Kier molecular flexibility index (Phi) is 7.00. The van der Waals surface area contributed by atoms with Gasteiger partial charge in [-0.15, -0.1) is 0 Å². The van der Waals surface area contributed by atoms with E-state index in [0.29, 0.717) is 37.9 Å². The zero-order chi connectivity index (χ0) is 19.8. The van der Waals surface area contributed by atoms with E-state index in [2.05, 4.69) is 9.97 Å². The summed E-state index contributed by atoms with van der Waals surface area (Å²) in [6, 6.07) is 13.8. The Balaban J connectivity index is 2.00. The number of ether oxygens (including phenoxy) is 4. The van der Waals surface area contributed by atoms with Gasteiger partial charge in [0.2, 0.25) is 0 Å². The van der Waals surface area contributed by atoms with Crippen molar-refractivity contribution in [3.8, 4) is 11.5 Å². The van der Waals surface area contributed by atoms with Gasteiger partial charge in [0.25, 0.3) is 0 Å². The molecule has 0 fully saturated rings. The Bertz CT molecular complexity index is 889. The van der Waals surface area contributed by atoms with Crippen molar-refractivity contribution in [1.82, 2.24) is 9.97 Å². The van der Waals surface area contributed by atoms with Crippen LogP contribution in [0.5, 0.6) is 11.5 Å². The molecule has 1 heterocycles. The first-order chi connectivity index (χ1) is 13.7. The highest BCUT2D eigenvalue weighted by Gasteiger charge is 2.15. The molecule has 7 nitrogen and oxygen atoms in total. The van der Waals surface area contributed by atoms with E-state index in [0.717, 1.165) is 22.4 Å². The highest BCUT2D eigenvalue weighted by Crippen LogP contribution is 2.36. The SMILES string of the molecule is COCCOc1cc2ncnc(N(C)c3ccccc3)c2cc1OCCOC. The summed E-state index contributed by atoms with van der Waals surface area (Å²) in [6.45, 7) is 1.81. The quantitative estimate of drug-likeness (QED) is 0.497. The van der Waals surface area contributed by atoms with Crippen LogP contribution in [0.1, 0.15) is 0 Å². The lowest BCUT2D eigenvalue weighted by Crippen LogP contribution is -2.12. The van der Waals surface area contributed by atoms with Gasteiger partial charge in [0.1, 0.15) is 25.4 Å². The molecule has 0 saturated carbocycles. The summed E-state index contributed by atoms with van der Waals surface area (Å²) >= 11 is 0. The molecule has 28 heavy (non-hydrogen) atoms. The number of hydrogen-bond donors (Lipinski definition) is 0. The average molecular weight is 383 g/mol.